The normalized spacial score (nSPS) is 19.7. The summed E-state index contributed by atoms with van der Waals surface area (Å²) in [4.78, 5) is 17.7. The number of benzene rings is 3. The molecule has 0 aromatic heterocycles. The molecule has 4 nitrogen and oxygen atoms in total. The van der Waals surface area contributed by atoms with E-state index in [0.717, 1.165) is 17.4 Å². The van der Waals surface area contributed by atoms with E-state index in [0.29, 0.717) is 30.8 Å². The topological polar surface area (TPSA) is 35.6 Å². The number of para-hydroxylation sites is 1. The molecule has 1 fully saturated rings. The van der Waals surface area contributed by atoms with Gasteiger partial charge in [0.25, 0.3) is 0 Å². The van der Waals surface area contributed by atoms with Crippen molar-refractivity contribution < 1.29 is 22.4 Å². The highest BCUT2D eigenvalue weighted by atomic mass is 19.4. The number of carbonyl (C=O) groups excluding carboxylic acids is 1. The van der Waals surface area contributed by atoms with E-state index in [-0.39, 0.29) is 30.7 Å². The minimum atomic E-state index is -4.45. The third-order valence-corrected chi connectivity index (χ3v) is 6.85. The Morgan fingerprint density at radius 1 is 0.971 bits per heavy atom. The second-order valence-corrected chi connectivity index (χ2v) is 9.04. The fraction of sp³-hybridized carbons (Fsp3) is 0.296. The lowest BCUT2D eigenvalue weighted by Crippen LogP contribution is -2.61. The molecule has 0 aliphatic carbocycles. The van der Waals surface area contributed by atoms with Crippen molar-refractivity contribution in [3.8, 4) is 0 Å². The van der Waals surface area contributed by atoms with Gasteiger partial charge in [0.1, 0.15) is 5.82 Å². The maximum Gasteiger partial charge on any atom is 0.416 e. The Balaban J connectivity index is 1.44. The standard InChI is InChI=1S/C27H25F4N3O/c28-21-6-4-5-18(13-21)16-32-26(35)23-15-19-14-20(27(29,30)31)9-10-24(19)34-12-11-33(17-25(23)34)22-7-2-1-3-8-22/h1-10,13-14,23,25H,11-12,15-17H2,(H,32,35)/t23-,25+/m1/s1. The molecule has 8 heteroatoms. The summed E-state index contributed by atoms with van der Waals surface area (Å²) in [6.07, 6.45) is -4.24. The van der Waals surface area contributed by atoms with Crippen LogP contribution in [0.5, 0.6) is 0 Å². The highest BCUT2D eigenvalue weighted by molar-refractivity contribution is 5.82. The average molecular weight is 484 g/mol. The molecule has 0 bridgehead atoms. The summed E-state index contributed by atoms with van der Waals surface area (Å²) >= 11 is 0. The number of anilines is 2. The van der Waals surface area contributed by atoms with Gasteiger partial charge in [0.15, 0.2) is 0 Å². The molecule has 0 radical (unpaired) electrons. The fourth-order valence-corrected chi connectivity index (χ4v) is 5.14. The van der Waals surface area contributed by atoms with Crippen LogP contribution in [-0.2, 0) is 23.9 Å². The number of nitrogens with zero attached hydrogens (tertiary/aromatic N) is 2. The monoisotopic (exact) mass is 483 g/mol. The number of rotatable bonds is 4. The molecule has 1 N–H and O–H groups in total. The molecule has 1 amide bonds. The molecule has 2 atom stereocenters. The van der Waals surface area contributed by atoms with E-state index in [4.69, 9.17) is 0 Å². The van der Waals surface area contributed by atoms with E-state index in [1.54, 1.807) is 12.1 Å². The van der Waals surface area contributed by atoms with Crippen LogP contribution in [-0.4, -0.2) is 31.6 Å². The van der Waals surface area contributed by atoms with Gasteiger partial charge in [-0.15, -0.1) is 0 Å². The van der Waals surface area contributed by atoms with Gasteiger partial charge >= 0.3 is 6.18 Å². The van der Waals surface area contributed by atoms with Crippen molar-refractivity contribution >= 4 is 17.3 Å². The van der Waals surface area contributed by atoms with Crippen molar-refractivity contribution in [2.24, 2.45) is 5.92 Å². The maximum absolute atomic E-state index is 13.6. The number of nitrogens with one attached hydrogen (secondary N) is 1. The second kappa shape index (κ2) is 9.24. The Morgan fingerprint density at radius 2 is 1.77 bits per heavy atom. The summed E-state index contributed by atoms with van der Waals surface area (Å²) in [7, 11) is 0. The molecule has 2 aliphatic heterocycles. The number of fused-ring (bicyclic) bond motifs is 3. The third kappa shape index (κ3) is 4.83. The van der Waals surface area contributed by atoms with Crippen LogP contribution in [0.15, 0.2) is 72.8 Å². The Kier molecular flexibility index (Phi) is 6.13. The number of carbonyl (C=O) groups is 1. The SMILES string of the molecule is O=C(NCc1cccc(F)c1)[C@@H]1Cc2cc(C(F)(F)F)ccc2N2CCN(c3ccccc3)C[C@@H]12. The minimum Gasteiger partial charge on any atom is -0.368 e. The largest absolute Gasteiger partial charge is 0.416 e. The minimum absolute atomic E-state index is 0.150. The highest BCUT2D eigenvalue weighted by Gasteiger charge is 2.42. The van der Waals surface area contributed by atoms with E-state index < -0.39 is 17.7 Å². The first kappa shape index (κ1) is 23.2. The first-order valence-electron chi connectivity index (χ1n) is 11.6. The van der Waals surface area contributed by atoms with Crippen LogP contribution in [0.2, 0.25) is 0 Å². The lowest BCUT2D eigenvalue weighted by molar-refractivity contribution is -0.137. The predicted octanol–water partition coefficient (Wildman–Crippen LogP) is 5.03. The van der Waals surface area contributed by atoms with E-state index >= 15 is 0 Å². The van der Waals surface area contributed by atoms with Crippen LogP contribution in [0.3, 0.4) is 0 Å². The molecule has 182 valence electrons. The zero-order chi connectivity index (χ0) is 24.6. The number of hydrogen-bond acceptors (Lipinski definition) is 3. The molecule has 0 spiro atoms. The number of hydrogen-bond donors (Lipinski definition) is 1. The molecule has 3 aromatic rings. The Labute approximate surface area is 201 Å². The molecule has 35 heavy (non-hydrogen) atoms. The summed E-state index contributed by atoms with van der Waals surface area (Å²) in [5, 5.41) is 2.89. The van der Waals surface area contributed by atoms with Crippen molar-refractivity contribution in [3.63, 3.8) is 0 Å². The predicted molar refractivity (Wildman–Crippen MR) is 127 cm³/mol. The van der Waals surface area contributed by atoms with E-state index in [1.165, 1.54) is 24.3 Å². The first-order chi connectivity index (χ1) is 16.8. The van der Waals surface area contributed by atoms with Gasteiger partial charge in [-0.1, -0.05) is 30.3 Å². The quantitative estimate of drug-likeness (QED) is 0.529. The first-order valence-corrected chi connectivity index (χ1v) is 11.6. The molecule has 3 aromatic carbocycles. The van der Waals surface area contributed by atoms with Gasteiger partial charge in [0, 0.05) is 37.6 Å². The Bertz CT molecular complexity index is 1210. The van der Waals surface area contributed by atoms with Crippen molar-refractivity contribution in [3.05, 3.63) is 95.3 Å². The summed E-state index contributed by atoms with van der Waals surface area (Å²) < 4.78 is 53.7. The highest BCUT2D eigenvalue weighted by Crippen LogP contribution is 2.40. The smallest absolute Gasteiger partial charge is 0.368 e. The van der Waals surface area contributed by atoms with Gasteiger partial charge in [-0.05, 0) is 60.0 Å². The molecule has 2 aliphatic rings. The van der Waals surface area contributed by atoms with Crippen molar-refractivity contribution in [2.75, 3.05) is 29.4 Å². The van der Waals surface area contributed by atoms with E-state index in [9.17, 15) is 22.4 Å². The molecule has 0 unspecified atom stereocenters. The fourth-order valence-electron chi connectivity index (χ4n) is 5.14. The van der Waals surface area contributed by atoms with Crippen LogP contribution in [0.4, 0.5) is 28.9 Å². The van der Waals surface area contributed by atoms with E-state index in [1.807, 2.05) is 30.3 Å². The van der Waals surface area contributed by atoms with Crippen LogP contribution in [0.25, 0.3) is 0 Å². The molecular weight excluding hydrogens is 458 g/mol. The van der Waals surface area contributed by atoms with Crippen molar-refractivity contribution in [1.82, 2.24) is 5.32 Å². The summed E-state index contributed by atoms with van der Waals surface area (Å²) in [5.41, 5.74) is 2.24. The maximum atomic E-state index is 13.6. The van der Waals surface area contributed by atoms with Gasteiger partial charge in [-0.25, -0.2) is 4.39 Å². The molecule has 1 saturated heterocycles. The van der Waals surface area contributed by atoms with Crippen LogP contribution >= 0.6 is 0 Å². The van der Waals surface area contributed by atoms with Crippen LogP contribution in [0, 0.1) is 11.7 Å². The number of piperazine rings is 1. The van der Waals surface area contributed by atoms with Gasteiger partial charge in [-0.3, -0.25) is 4.79 Å². The van der Waals surface area contributed by atoms with Crippen molar-refractivity contribution in [1.29, 1.82) is 0 Å². The van der Waals surface area contributed by atoms with Gasteiger partial charge in [-0.2, -0.15) is 13.2 Å². The van der Waals surface area contributed by atoms with E-state index in [2.05, 4.69) is 15.1 Å². The number of amides is 1. The molecule has 2 heterocycles. The van der Waals surface area contributed by atoms with Gasteiger partial charge in [0.05, 0.1) is 17.5 Å². The van der Waals surface area contributed by atoms with Crippen LogP contribution < -0.4 is 15.1 Å². The summed E-state index contributed by atoms with van der Waals surface area (Å²) in [6, 6.07) is 19.5. The number of halogens is 4. The third-order valence-electron chi connectivity index (χ3n) is 6.85. The zero-order valence-electron chi connectivity index (χ0n) is 18.9. The zero-order valence-corrected chi connectivity index (χ0v) is 18.9. The molecule has 0 saturated carbocycles. The van der Waals surface area contributed by atoms with Crippen LogP contribution in [0.1, 0.15) is 16.7 Å². The lowest BCUT2D eigenvalue weighted by Gasteiger charge is -2.49. The Hall–Kier alpha value is -3.55. The summed E-state index contributed by atoms with van der Waals surface area (Å²) in [6.45, 7) is 2.00. The molecular formula is C27H25F4N3O. The molecule has 5 rings (SSSR count). The van der Waals surface area contributed by atoms with Gasteiger partial charge < -0.3 is 15.1 Å². The lowest BCUT2D eigenvalue weighted by atomic mass is 9.82. The Morgan fingerprint density at radius 3 is 2.51 bits per heavy atom. The second-order valence-electron chi connectivity index (χ2n) is 9.04. The van der Waals surface area contributed by atoms with Crippen molar-refractivity contribution in [2.45, 2.75) is 25.2 Å². The summed E-state index contributed by atoms with van der Waals surface area (Å²) in [5.74, 6) is -1.19. The van der Waals surface area contributed by atoms with Gasteiger partial charge in [0.2, 0.25) is 5.91 Å². The average Bonchev–Trinajstić information content (AvgIpc) is 2.86. The number of alkyl halides is 3.